The van der Waals surface area contributed by atoms with E-state index in [4.69, 9.17) is 1.43 Å². The number of hydrogen-bond acceptors (Lipinski definition) is 2. The van der Waals surface area contributed by atoms with E-state index in [-0.39, 0.29) is 0 Å². The van der Waals surface area contributed by atoms with Gasteiger partial charge in [-0.2, -0.15) is 0 Å². The molecule has 0 bridgehead atoms. The Bertz CT molecular complexity index is 97.9. The highest BCUT2D eigenvalue weighted by molar-refractivity contribution is 9.40. The third-order valence-corrected chi connectivity index (χ3v) is 1.20. The van der Waals surface area contributed by atoms with Crippen LogP contribution in [-0.2, 0) is 4.79 Å². The van der Waals surface area contributed by atoms with E-state index in [9.17, 15) is 4.79 Å². The molecule has 0 aliphatic rings. The van der Waals surface area contributed by atoms with Gasteiger partial charge in [-0.1, -0.05) is 0 Å². The molecule has 0 saturated heterocycles. The number of carboxylic acids is 1. The average molecular weight is 298 g/mol. The summed E-state index contributed by atoms with van der Waals surface area (Å²) >= 11 is 8.53. The van der Waals surface area contributed by atoms with Crippen molar-refractivity contribution in [3.63, 3.8) is 0 Å². The van der Waals surface area contributed by atoms with Gasteiger partial charge in [0, 0.05) is 0 Å². The highest BCUT2D eigenvalue weighted by Crippen LogP contribution is 2.32. The fourth-order valence-electron chi connectivity index (χ4n) is 0. The molecule has 0 aromatic heterocycles. The fourth-order valence-corrected chi connectivity index (χ4v) is 0. The van der Waals surface area contributed by atoms with Gasteiger partial charge in [-0.3, -0.25) is 0 Å². The molecule has 0 fully saturated rings. The number of alkyl halides is 3. The number of carboxylic acid groups (broad SMARTS) is 1. The van der Waals surface area contributed by atoms with Gasteiger partial charge in [-0.15, -0.1) is 0 Å². The van der Waals surface area contributed by atoms with Gasteiger partial charge < -0.3 is 5.11 Å². The monoisotopic (exact) mass is 295 g/mol. The van der Waals surface area contributed by atoms with Crippen LogP contribution in [0.25, 0.3) is 1.43 Å². The molecule has 42 valence electrons. The maximum Gasteiger partial charge on any atom is 0.342 e. The zero-order chi connectivity index (χ0) is 6.78. The first-order valence-corrected chi connectivity index (χ1v) is 3.60. The van der Waals surface area contributed by atoms with Gasteiger partial charge in [0.2, 0.25) is 2.14 Å². The zero-order valence-corrected chi connectivity index (χ0v) is 7.71. The van der Waals surface area contributed by atoms with Crippen LogP contribution < -0.4 is 0 Å². The van der Waals surface area contributed by atoms with Crippen LogP contribution in [0.3, 0.4) is 0 Å². The largest absolute Gasteiger partial charge is 0.479 e. The van der Waals surface area contributed by atoms with Crippen LogP contribution in [0.15, 0.2) is 0 Å². The first-order valence-electron chi connectivity index (χ1n) is 1.63. The summed E-state index contributed by atoms with van der Waals surface area (Å²) < 4.78 is 5.02. The minimum absolute atomic E-state index is 0.752. The number of halogens is 3. The first-order chi connectivity index (χ1) is 3.48. The Hall–Kier alpha value is 0.910. The molecule has 0 aromatic carbocycles. The van der Waals surface area contributed by atoms with Crippen molar-refractivity contribution in [1.82, 2.24) is 0 Å². The molecule has 0 spiro atoms. The molecule has 1 N–H and O–H groups in total. The lowest BCUT2D eigenvalue weighted by molar-refractivity contribution is -0.134. The molecule has 2 nitrogen and oxygen atoms in total. The Labute approximate surface area is 67.2 Å². The normalized spacial score (nSPS) is 12.7. The van der Waals surface area contributed by atoms with Crippen molar-refractivity contribution in [1.29, 1.82) is 1.43 Å². The van der Waals surface area contributed by atoms with Crippen molar-refractivity contribution in [3.05, 3.63) is 0 Å². The lowest BCUT2D eigenvalue weighted by atomic mass is 10.8. The molecule has 0 rings (SSSR count). The van der Waals surface area contributed by atoms with E-state index in [0.29, 0.717) is 0 Å². The van der Waals surface area contributed by atoms with Gasteiger partial charge in [-0.25, -0.2) is 4.79 Å². The van der Waals surface area contributed by atoms with Gasteiger partial charge in [-0.05, 0) is 47.8 Å². The van der Waals surface area contributed by atoms with Crippen molar-refractivity contribution in [2.45, 2.75) is 2.14 Å². The molecule has 0 unspecified atom stereocenters. The van der Waals surface area contributed by atoms with Gasteiger partial charge in [0.25, 0.3) is 1.43 Å². The van der Waals surface area contributed by atoms with Crippen molar-refractivity contribution in [2.75, 3.05) is 0 Å². The molecule has 0 amide bonds. The van der Waals surface area contributed by atoms with Crippen molar-refractivity contribution >= 4 is 53.8 Å². The highest BCUT2D eigenvalue weighted by Gasteiger charge is 2.27. The average Bonchev–Trinajstić information content (AvgIpc) is 1.62. The summed E-state index contributed by atoms with van der Waals surface area (Å²) in [6.07, 6.45) is 0. The summed E-state index contributed by atoms with van der Waals surface area (Å²) in [4.78, 5) is 10.3. The van der Waals surface area contributed by atoms with Gasteiger partial charge >= 0.3 is 5.97 Å². The summed E-state index contributed by atoms with van der Waals surface area (Å²) in [5.41, 5.74) is 0. The van der Waals surface area contributed by atoms with Crippen molar-refractivity contribution < 1.29 is 9.90 Å². The van der Waals surface area contributed by atoms with E-state index in [1.807, 2.05) is 0 Å². The third kappa shape index (κ3) is 3.49. The number of carbonyl (C=O) groups is 1. The van der Waals surface area contributed by atoms with Crippen LogP contribution in [0.2, 0.25) is 0 Å². The first kappa shape index (κ1) is 6.04. The topological polar surface area (TPSA) is 37.3 Å². The predicted molar refractivity (Wildman–Crippen MR) is 37.1 cm³/mol. The molecular weight excluding hydrogens is 296 g/mol. The van der Waals surface area contributed by atoms with Gasteiger partial charge in [0.1, 0.15) is 0 Å². The molecule has 7 heavy (non-hydrogen) atoms. The van der Waals surface area contributed by atoms with E-state index in [0.717, 1.165) is 0 Å². The Kier molecular flexibility index (Phi) is 2.12. The van der Waals surface area contributed by atoms with Crippen molar-refractivity contribution in [3.8, 4) is 0 Å². The maximum absolute atomic E-state index is 10.3. The number of hydrogen-bond donors (Lipinski definition) is 1. The quantitative estimate of drug-likeness (QED) is 0.694. The molecule has 0 aliphatic carbocycles. The lowest BCUT2D eigenvalue weighted by Gasteiger charge is -2.01. The number of rotatable bonds is 0. The predicted octanol–water partition coefficient (Wildman–Crippen LogP) is 1.91. The Morgan fingerprint density at radius 1 is 1.71 bits per heavy atom. The molecular formula is C2HBr3O2. The van der Waals surface area contributed by atoms with Crippen molar-refractivity contribution in [2.24, 2.45) is 0 Å². The summed E-state index contributed by atoms with van der Waals surface area (Å²) in [5.74, 6) is -0.752. The molecule has 0 saturated carbocycles. The van der Waals surface area contributed by atoms with Crippen LogP contribution in [0, 0.1) is 0 Å². The molecule has 5 heteroatoms. The molecule has 0 heterocycles. The second kappa shape index (κ2) is 2.46. The maximum atomic E-state index is 10.3. The standard InChI is InChI=1S/C2HBr3O2/c3-2(4,5)1(6)7/h(H,6,7)/i/hD. The Balaban J connectivity index is 3.82. The second-order valence-electron chi connectivity index (χ2n) is 0.785. The summed E-state index contributed by atoms with van der Waals surface area (Å²) in [6.45, 7) is 0. The minimum atomic E-state index is -1.10. The summed E-state index contributed by atoms with van der Waals surface area (Å²) in [6, 6.07) is 0. The van der Waals surface area contributed by atoms with Crippen LogP contribution in [0.4, 0.5) is 0 Å². The van der Waals surface area contributed by atoms with Crippen LogP contribution in [0.1, 0.15) is 0 Å². The second-order valence-corrected chi connectivity index (χ2v) is 7.55. The van der Waals surface area contributed by atoms with Crippen LogP contribution >= 0.6 is 47.8 Å². The Morgan fingerprint density at radius 2 is 2.14 bits per heavy atom. The van der Waals surface area contributed by atoms with E-state index >= 15 is 0 Å². The van der Waals surface area contributed by atoms with E-state index < -0.39 is 8.11 Å². The summed E-state index contributed by atoms with van der Waals surface area (Å²) in [7, 11) is 0. The van der Waals surface area contributed by atoms with Gasteiger partial charge in [0.15, 0.2) is 0 Å². The van der Waals surface area contributed by atoms with E-state index in [2.05, 4.69) is 52.9 Å². The minimum Gasteiger partial charge on any atom is -0.479 e. The van der Waals surface area contributed by atoms with Crippen LogP contribution in [0.5, 0.6) is 0 Å². The molecule has 0 radical (unpaired) electrons. The molecule has 0 atom stereocenters. The Morgan fingerprint density at radius 3 is 2.14 bits per heavy atom. The van der Waals surface area contributed by atoms with E-state index in [1.165, 1.54) is 0 Å². The third-order valence-electron chi connectivity index (χ3n) is 0.231. The number of aliphatic carboxylic acids is 1. The van der Waals surface area contributed by atoms with E-state index in [1.54, 1.807) is 0 Å². The SMILES string of the molecule is [2H]OC(=O)C(Br)(Br)Br. The highest BCUT2D eigenvalue weighted by atomic mass is 80.0. The molecule has 0 aliphatic heterocycles. The summed E-state index contributed by atoms with van der Waals surface area (Å²) in [5, 5.41) is 3.59. The fraction of sp³-hybridized carbons (Fsp3) is 0.500. The molecule has 0 aromatic rings. The lowest BCUT2D eigenvalue weighted by Crippen LogP contribution is -2.14. The van der Waals surface area contributed by atoms with Gasteiger partial charge in [0.05, 0.1) is 0 Å². The smallest absolute Gasteiger partial charge is 0.342 e. The zero-order valence-electron chi connectivity index (χ0n) is 3.95. The van der Waals surface area contributed by atoms with Crippen LogP contribution in [-0.4, -0.2) is 13.2 Å².